The molecule has 1 rings (SSSR count). The van der Waals surface area contributed by atoms with Gasteiger partial charge in [-0.25, -0.2) is 4.39 Å². The predicted octanol–water partition coefficient (Wildman–Crippen LogP) is 4.71. The van der Waals surface area contributed by atoms with Crippen molar-refractivity contribution in [3.8, 4) is 0 Å². The van der Waals surface area contributed by atoms with Crippen LogP contribution in [0.2, 0.25) is 5.02 Å². The molecule has 0 heterocycles. The van der Waals surface area contributed by atoms with Gasteiger partial charge in [0.25, 0.3) is 0 Å². The summed E-state index contributed by atoms with van der Waals surface area (Å²) in [6.45, 7) is 5.17. The van der Waals surface area contributed by atoms with Crippen molar-refractivity contribution >= 4 is 11.6 Å². The molecule has 0 aromatic heterocycles. The molecule has 1 aromatic carbocycles. The van der Waals surface area contributed by atoms with E-state index in [1.165, 1.54) is 6.07 Å². The Morgan fingerprint density at radius 1 is 1.29 bits per heavy atom. The van der Waals surface area contributed by atoms with E-state index in [0.717, 1.165) is 37.8 Å². The Kier molecular flexibility index (Phi) is 6.53. The molecule has 0 fully saturated rings. The zero-order valence-electron chi connectivity index (χ0n) is 10.6. The van der Waals surface area contributed by atoms with E-state index in [4.69, 9.17) is 11.6 Å². The van der Waals surface area contributed by atoms with Gasteiger partial charge in [-0.1, -0.05) is 44.4 Å². The maximum Gasteiger partial charge on any atom is 0.129 e. The van der Waals surface area contributed by atoms with Gasteiger partial charge in [-0.15, -0.1) is 0 Å². The SMILES string of the molecule is CCCCC(NCCC)c1ccc(Cl)cc1F. The average Bonchev–Trinajstić information content (AvgIpc) is 2.30. The molecule has 0 saturated carbocycles. The third-order valence-corrected chi connectivity index (χ3v) is 3.06. The lowest BCUT2D eigenvalue weighted by Gasteiger charge is -2.19. The molecular formula is C14H21ClFN. The molecule has 0 saturated heterocycles. The number of hydrogen-bond acceptors (Lipinski definition) is 1. The second kappa shape index (κ2) is 7.67. The third-order valence-electron chi connectivity index (χ3n) is 2.83. The van der Waals surface area contributed by atoms with Crippen LogP contribution in [0, 0.1) is 5.82 Å². The Balaban J connectivity index is 2.79. The molecule has 1 N–H and O–H groups in total. The lowest BCUT2D eigenvalue weighted by molar-refractivity contribution is 0.460. The first kappa shape index (κ1) is 14.5. The van der Waals surface area contributed by atoms with E-state index in [0.29, 0.717) is 5.02 Å². The molecular weight excluding hydrogens is 237 g/mol. The standard InChI is InChI=1S/C14H21ClFN/c1-3-5-6-14(17-9-4-2)12-8-7-11(15)10-13(12)16/h7-8,10,14,17H,3-6,9H2,1-2H3. The maximum absolute atomic E-state index is 13.8. The molecule has 0 spiro atoms. The van der Waals surface area contributed by atoms with Crippen LogP contribution < -0.4 is 5.32 Å². The van der Waals surface area contributed by atoms with Crippen molar-refractivity contribution in [2.45, 2.75) is 45.6 Å². The molecule has 0 aliphatic heterocycles. The van der Waals surface area contributed by atoms with Gasteiger partial charge in [-0.05, 0) is 31.5 Å². The van der Waals surface area contributed by atoms with Crippen molar-refractivity contribution in [3.05, 3.63) is 34.6 Å². The number of hydrogen-bond donors (Lipinski definition) is 1. The monoisotopic (exact) mass is 257 g/mol. The van der Waals surface area contributed by atoms with Crippen LogP contribution in [0.4, 0.5) is 4.39 Å². The zero-order chi connectivity index (χ0) is 12.7. The molecule has 0 bridgehead atoms. The van der Waals surface area contributed by atoms with Crippen LogP contribution in [-0.4, -0.2) is 6.54 Å². The topological polar surface area (TPSA) is 12.0 Å². The van der Waals surface area contributed by atoms with Gasteiger partial charge in [0, 0.05) is 16.6 Å². The van der Waals surface area contributed by atoms with Gasteiger partial charge in [-0.2, -0.15) is 0 Å². The summed E-state index contributed by atoms with van der Waals surface area (Å²) in [5.41, 5.74) is 0.733. The van der Waals surface area contributed by atoms with Gasteiger partial charge in [0.15, 0.2) is 0 Å². The minimum Gasteiger partial charge on any atom is -0.310 e. The summed E-state index contributed by atoms with van der Waals surface area (Å²) in [5.74, 6) is -0.206. The van der Waals surface area contributed by atoms with E-state index >= 15 is 0 Å². The van der Waals surface area contributed by atoms with E-state index in [9.17, 15) is 4.39 Å². The van der Waals surface area contributed by atoms with Gasteiger partial charge in [0.1, 0.15) is 5.82 Å². The minimum absolute atomic E-state index is 0.104. The van der Waals surface area contributed by atoms with Gasteiger partial charge < -0.3 is 5.32 Å². The van der Waals surface area contributed by atoms with E-state index < -0.39 is 0 Å². The van der Waals surface area contributed by atoms with Crippen molar-refractivity contribution in [2.75, 3.05) is 6.54 Å². The molecule has 1 aromatic rings. The van der Waals surface area contributed by atoms with Crippen LogP contribution in [-0.2, 0) is 0 Å². The van der Waals surface area contributed by atoms with E-state index in [1.807, 2.05) is 0 Å². The summed E-state index contributed by atoms with van der Waals surface area (Å²) in [7, 11) is 0. The molecule has 96 valence electrons. The van der Waals surface area contributed by atoms with Crippen molar-refractivity contribution < 1.29 is 4.39 Å². The van der Waals surface area contributed by atoms with Crippen LogP contribution >= 0.6 is 11.6 Å². The minimum atomic E-state index is -0.206. The highest BCUT2D eigenvalue weighted by molar-refractivity contribution is 6.30. The summed E-state index contributed by atoms with van der Waals surface area (Å²) < 4.78 is 13.8. The highest BCUT2D eigenvalue weighted by Crippen LogP contribution is 2.24. The van der Waals surface area contributed by atoms with Crippen LogP contribution in [0.5, 0.6) is 0 Å². The number of unbranched alkanes of at least 4 members (excludes halogenated alkanes) is 1. The molecule has 0 aliphatic rings. The number of halogens is 2. The fourth-order valence-electron chi connectivity index (χ4n) is 1.88. The fraction of sp³-hybridized carbons (Fsp3) is 0.571. The van der Waals surface area contributed by atoms with Gasteiger partial charge >= 0.3 is 0 Å². The Morgan fingerprint density at radius 3 is 2.65 bits per heavy atom. The molecule has 17 heavy (non-hydrogen) atoms. The van der Waals surface area contributed by atoms with Crippen LogP contribution in [0.15, 0.2) is 18.2 Å². The van der Waals surface area contributed by atoms with Gasteiger partial charge in [0.2, 0.25) is 0 Å². The molecule has 3 heteroatoms. The Labute approximate surface area is 108 Å². The smallest absolute Gasteiger partial charge is 0.129 e. The van der Waals surface area contributed by atoms with E-state index in [2.05, 4.69) is 19.2 Å². The highest BCUT2D eigenvalue weighted by Gasteiger charge is 2.14. The Hall–Kier alpha value is -0.600. The summed E-state index contributed by atoms with van der Waals surface area (Å²) in [5, 5.41) is 3.85. The van der Waals surface area contributed by atoms with Gasteiger partial charge in [0.05, 0.1) is 0 Å². The van der Waals surface area contributed by atoms with E-state index in [1.54, 1.807) is 12.1 Å². The second-order valence-electron chi connectivity index (χ2n) is 4.31. The quantitative estimate of drug-likeness (QED) is 0.746. The van der Waals surface area contributed by atoms with Crippen molar-refractivity contribution in [1.29, 1.82) is 0 Å². The predicted molar refractivity (Wildman–Crippen MR) is 72.0 cm³/mol. The van der Waals surface area contributed by atoms with Crippen molar-refractivity contribution in [2.24, 2.45) is 0 Å². The average molecular weight is 258 g/mol. The Bertz CT molecular complexity index is 333. The highest BCUT2D eigenvalue weighted by atomic mass is 35.5. The largest absolute Gasteiger partial charge is 0.310 e. The van der Waals surface area contributed by atoms with Crippen LogP contribution in [0.3, 0.4) is 0 Å². The van der Waals surface area contributed by atoms with Crippen LogP contribution in [0.1, 0.15) is 51.1 Å². The lowest BCUT2D eigenvalue weighted by atomic mass is 10.0. The molecule has 0 amide bonds. The first-order chi connectivity index (χ1) is 8.19. The number of nitrogens with one attached hydrogen (secondary N) is 1. The van der Waals surface area contributed by atoms with E-state index in [-0.39, 0.29) is 11.9 Å². The third kappa shape index (κ3) is 4.64. The molecule has 0 radical (unpaired) electrons. The number of benzene rings is 1. The Morgan fingerprint density at radius 2 is 2.06 bits per heavy atom. The second-order valence-corrected chi connectivity index (χ2v) is 4.75. The molecule has 1 nitrogen and oxygen atoms in total. The van der Waals surface area contributed by atoms with Crippen molar-refractivity contribution in [3.63, 3.8) is 0 Å². The molecule has 1 atom stereocenters. The summed E-state index contributed by atoms with van der Waals surface area (Å²) in [6.07, 6.45) is 4.25. The summed E-state index contributed by atoms with van der Waals surface area (Å²) >= 11 is 5.77. The zero-order valence-corrected chi connectivity index (χ0v) is 11.4. The van der Waals surface area contributed by atoms with Crippen LogP contribution in [0.25, 0.3) is 0 Å². The summed E-state index contributed by atoms with van der Waals surface area (Å²) in [6, 6.07) is 5.04. The lowest BCUT2D eigenvalue weighted by Crippen LogP contribution is -2.23. The first-order valence-corrected chi connectivity index (χ1v) is 6.75. The number of rotatable bonds is 7. The van der Waals surface area contributed by atoms with Gasteiger partial charge in [-0.3, -0.25) is 0 Å². The molecule has 0 aliphatic carbocycles. The normalized spacial score (nSPS) is 12.7. The first-order valence-electron chi connectivity index (χ1n) is 6.37. The molecule has 1 unspecified atom stereocenters. The fourth-order valence-corrected chi connectivity index (χ4v) is 2.04. The summed E-state index contributed by atoms with van der Waals surface area (Å²) in [4.78, 5) is 0. The van der Waals surface area contributed by atoms with Crippen molar-refractivity contribution in [1.82, 2.24) is 5.32 Å². The maximum atomic E-state index is 13.8.